The molecule has 0 radical (unpaired) electrons. The second-order valence-electron chi connectivity index (χ2n) is 7.12. The molecule has 0 spiro atoms. The average Bonchev–Trinajstić information content (AvgIpc) is 3.29. The highest BCUT2D eigenvalue weighted by Crippen LogP contribution is 2.45. The summed E-state index contributed by atoms with van der Waals surface area (Å²) >= 11 is 6.28. The Morgan fingerprint density at radius 1 is 1.07 bits per heavy atom. The molecule has 2 aromatic carbocycles. The van der Waals surface area contributed by atoms with Crippen LogP contribution in [0.5, 0.6) is 5.75 Å². The van der Waals surface area contributed by atoms with Crippen molar-refractivity contribution in [2.75, 3.05) is 0 Å². The number of H-pyrrole nitrogens is 1. The Morgan fingerprint density at radius 3 is 2.63 bits per heavy atom. The number of carbonyl (C=O) groups excluding carboxylic acids is 1. The number of aromatic hydroxyl groups is 1. The van der Waals surface area contributed by atoms with Crippen molar-refractivity contribution in [3.63, 3.8) is 0 Å². The number of fused-ring (bicyclic) bond motifs is 1. The van der Waals surface area contributed by atoms with Gasteiger partial charge in [-0.1, -0.05) is 35.9 Å². The summed E-state index contributed by atoms with van der Waals surface area (Å²) in [7, 11) is 0. The van der Waals surface area contributed by atoms with Crippen LogP contribution in [-0.2, 0) is 6.54 Å². The van der Waals surface area contributed by atoms with Crippen molar-refractivity contribution in [1.82, 2.24) is 20.1 Å². The van der Waals surface area contributed by atoms with E-state index in [0.717, 1.165) is 16.7 Å². The zero-order chi connectivity index (χ0) is 20.7. The predicted molar refractivity (Wildman–Crippen MR) is 113 cm³/mol. The minimum atomic E-state index is -0.396. The van der Waals surface area contributed by atoms with Crippen molar-refractivity contribution < 1.29 is 9.90 Å². The van der Waals surface area contributed by atoms with Gasteiger partial charge in [0, 0.05) is 35.1 Å². The zero-order valence-electron chi connectivity index (χ0n) is 15.8. The van der Waals surface area contributed by atoms with Crippen molar-refractivity contribution in [2.45, 2.75) is 12.6 Å². The van der Waals surface area contributed by atoms with Crippen LogP contribution in [0, 0.1) is 0 Å². The number of benzene rings is 2. The molecule has 1 amide bonds. The van der Waals surface area contributed by atoms with Crippen LogP contribution in [-0.4, -0.2) is 31.1 Å². The summed E-state index contributed by atoms with van der Waals surface area (Å²) in [6, 6.07) is 17.8. The van der Waals surface area contributed by atoms with Gasteiger partial charge in [-0.3, -0.25) is 14.9 Å². The molecule has 3 heterocycles. The molecule has 0 bridgehead atoms. The fraction of sp³-hybridized carbons (Fsp3) is 0.0870. The number of hydrogen-bond donors (Lipinski definition) is 2. The molecule has 1 aliphatic rings. The summed E-state index contributed by atoms with van der Waals surface area (Å²) in [6.07, 6.45) is 3.41. The Labute approximate surface area is 177 Å². The molecule has 0 fully saturated rings. The van der Waals surface area contributed by atoms with Crippen LogP contribution in [0.3, 0.4) is 0 Å². The summed E-state index contributed by atoms with van der Waals surface area (Å²) in [6.45, 7) is 0.404. The monoisotopic (exact) mass is 416 g/mol. The number of amides is 1. The molecular formula is C23H17ClN4O2. The first-order valence-electron chi connectivity index (χ1n) is 9.45. The van der Waals surface area contributed by atoms with E-state index in [1.165, 1.54) is 0 Å². The lowest BCUT2D eigenvalue weighted by Crippen LogP contribution is -2.29. The van der Waals surface area contributed by atoms with Gasteiger partial charge in [0.05, 0.1) is 6.04 Å². The SMILES string of the molecule is O=C1c2[nH]nc(-c3ccccc3O)c2C(c2cccc(Cl)c2)N1Cc1ccncc1. The summed E-state index contributed by atoms with van der Waals surface area (Å²) < 4.78 is 0. The summed E-state index contributed by atoms with van der Waals surface area (Å²) in [5.41, 5.74) is 4.12. The number of halogens is 1. The number of aromatic nitrogens is 3. The van der Waals surface area contributed by atoms with E-state index in [4.69, 9.17) is 11.6 Å². The third kappa shape index (κ3) is 3.02. The van der Waals surface area contributed by atoms with Crippen LogP contribution in [0.2, 0.25) is 5.02 Å². The van der Waals surface area contributed by atoms with Crippen LogP contribution >= 0.6 is 11.6 Å². The van der Waals surface area contributed by atoms with Gasteiger partial charge >= 0.3 is 0 Å². The lowest BCUT2D eigenvalue weighted by Gasteiger charge is -2.26. The van der Waals surface area contributed by atoms with E-state index < -0.39 is 6.04 Å². The number of para-hydroxylation sites is 1. The van der Waals surface area contributed by atoms with E-state index in [1.54, 1.807) is 41.6 Å². The third-order valence-corrected chi connectivity index (χ3v) is 5.52. The van der Waals surface area contributed by atoms with Crippen molar-refractivity contribution >= 4 is 17.5 Å². The molecule has 2 aromatic heterocycles. The Kier molecular flexibility index (Phi) is 4.48. The maximum Gasteiger partial charge on any atom is 0.273 e. The number of carbonyl (C=O) groups is 1. The molecule has 0 aliphatic carbocycles. The van der Waals surface area contributed by atoms with Gasteiger partial charge in [-0.05, 0) is 47.5 Å². The van der Waals surface area contributed by atoms with Crippen molar-refractivity contribution in [1.29, 1.82) is 0 Å². The van der Waals surface area contributed by atoms with Gasteiger partial charge < -0.3 is 10.0 Å². The molecule has 1 atom stereocenters. The first-order valence-corrected chi connectivity index (χ1v) is 9.83. The van der Waals surface area contributed by atoms with Gasteiger partial charge in [-0.2, -0.15) is 5.10 Å². The molecule has 2 N–H and O–H groups in total. The smallest absolute Gasteiger partial charge is 0.273 e. The fourth-order valence-corrected chi connectivity index (χ4v) is 4.15. The Bertz CT molecular complexity index is 1240. The molecular weight excluding hydrogens is 400 g/mol. The highest BCUT2D eigenvalue weighted by Gasteiger charge is 2.42. The third-order valence-electron chi connectivity index (χ3n) is 5.29. The number of nitrogens with zero attached hydrogens (tertiary/aromatic N) is 3. The maximum atomic E-state index is 13.3. The van der Waals surface area contributed by atoms with E-state index in [-0.39, 0.29) is 11.7 Å². The van der Waals surface area contributed by atoms with E-state index in [9.17, 15) is 9.90 Å². The van der Waals surface area contributed by atoms with Gasteiger partial charge in [-0.25, -0.2) is 0 Å². The molecule has 0 saturated heterocycles. The first kappa shape index (κ1) is 18.4. The quantitative estimate of drug-likeness (QED) is 0.510. The van der Waals surface area contributed by atoms with Crippen LogP contribution in [0.4, 0.5) is 0 Å². The molecule has 148 valence electrons. The highest BCUT2D eigenvalue weighted by molar-refractivity contribution is 6.30. The number of rotatable bonds is 4. The van der Waals surface area contributed by atoms with Crippen LogP contribution in [0.1, 0.15) is 33.2 Å². The van der Waals surface area contributed by atoms with Gasteiger partial charge in [0.15, 0.2) is 0 Å². The first-order chi connectivity index (χ1) is 14.6. The Balaban J connectivity index is 1.68. The van der Waals surface area contributed by atoms with Crippen LogP contribution in [0.25, 0.3) is 11.3 Å². The number of phenols is 1. The second kappa shape index (κ2) is 7.31. The molecule has 0 saturated carbocycles. The minimum absolute atomic E-state index is 0.108. The van der Waals surface area contributed by atoms with E-state index in [2.05, 4.69) is 15.2 Å². The molecule has 1 aliphatic heterocycles. The molecule has 6 nitrogen and oxygen atoms in total. The molecule has 30 heavy (non-hydrogen) atoms. The van der Waals surface area contributed by atoms with Gasteiger partial charge in [0.25, 0.3) is 5.91 Å². The van der Waals surface area contributed by atoms with Crippen LogP contribution < -0.4 is 0 Å². The zero-order valence-corrected chi connectivity index (χ0v) is 16.5. The highest BCUT2D eigenvalue weighted by atomic mass is 35.5. The standard InChI is InChI=1S/C23H17ClN4O2/c24-16-5-3-4-15(12-16)22-19-20(17-6-1-2-7-18(17)29)26-27-21(19)23(30)28(22)13-14-8-10-25-11-9-14/h1-12,22,29H,13H2,(H,26,27). The lowest BCUT2D eigenvalue weighted by atomic mass is 9.95. The second-order valence-corrected chi connectivity index (χ2v) is 7.56. The maximum absolute atomic E-state index is 13.3. The van der Waals surface area contributed by atoms with E-state index in [0.29, 0.717) is 28.5 Å². The normalized spacial score (nSPS) is 15.4. The Morgan fingerprint density at radius 2 is 1.87 bits per heavy atom. The fourth-order valence-electron chi connectivity index (χ4n) is 3.95. The largest absolute Gasteiger partial charge is 0.507 e. The van der Waals surface area contributed by atoms with E-state index >= 15 is 0 Å². The Hall–Kier alpha value is -3.64. The van der Waals surface area contributed by atoms with Crippen molar-refractivity contribution in [2.24, 2.45) is 0 Å². The van der Waals surface area contributed by atoms with E-state index in [1.807, 2.05) is 36.4 Å². The van der Waals surface area contributed by atoms with Crippen molar-refractivity contribution in [3.05, 3.63) is 100 Å². The van der Waals surface area contributed by atoms with Gasteiger partial charge in [0.2, 0.25) is 0 Å². The summed E-state index contributed by atoms with van der Waals surface area (Å²) in [4.78, 5) is 19.2. The molecule has 5 rings (SSSR count). The molecule has 7 heteroatoms. The number of pyridine rings is 1. The number of nitrogens with one attached hydrogen (secondary N) is 1. The minimum Gasteiger partial charge on any atom is -0.507 e. The van der Waals surface area contributed by atoms with Crippen molar-refractivity contribution in [3.8, 4) is 17.0 Å². The summed E-state index contributed by atoms with van der Waals surface area (Å²) in [5, 5.41) is 18.3. The lowest BCUT2D eigenvalue weighted by molar-refractivity contribution is 0.0730. The van der Waals surface area contributed by atoms with Gasteiger partial charge in [0.1, 0.15) is 17.1 Å². The number of aromatic amines is 1. The topological polar surface area (TPSA) is 82.1 Å². The van der Waals surface area contributed by atoms with Crippen LogP contribution in [0.15, 0.2) is 73.1 Å². The molecule has 1 unspecified atom stereocenters. The summed E-state index contributed by atoms with van der Waals surface area (Å²) in [5.74, 6) is -0.0439. The number of phenolic OH excluding ortho intramolecular Hbond substituents is 1. The predicted octanol–water partition coefficient (Wildman–Crippen LogP) is 4.58. The average molecular weight is 417 g/mol. The number of hydrogen-bond acceptors (Lipinski definition) is 4. The molecule has 4 aromatic rings. The van der Waals surface area contributed by atoms with Gasteiger partial charge in [-0.15, -0.1) is 0 Å².